The number of rotatable bonds is 7. The Hall–Kier alpha value is -3.46. The molecule has 7 nitrogen and oxygen atoms in total. The van der Waals surface area contributed by atoms with Crippen LogP contribution >= 0.6 is 11.3 Å². The average molecular weight is 428 g/mol. The zero-order valence-electron chi connectivity index (χ0n) is 16.8. The first-order chi connectivity index (χ1) is 14.2. The molecule has 3 rings (SSSR count). The molecular weight excluding hydrogens is 405 g/mol. The summed E-state index contributed by atoms with van der Waals surface area (Å²) in [7, 11) is 3.82. The molecule has 9 heteroatoms. The molecule has 0 saturated heterocycles. The third-order valence-electron chi connectivity index (χ3n) is 4.60. The molecule has 4 N–H and O–H groups in total. The predicted octanol–water partition coefficient (Wildman–Crippen LogP) is 3.17. The first-order valence-corrected chi connectivity index (χ1v) is 9.93. The van der Waals surface area contributed by atoms with E-state index in [4.69, 9.17) is 11.5 Å². The minimum atomic E-state index is -0.789. The second-order valence-electron chi connectivity index (χ2n) is 6.91. The summed E-state index contributed by atoms with van der Waals surface area (Å²) in [6.07, 6.45) is 0. The Bertz CT molecular complexity index is 1060. The molecule has 0 aliphatic rings. The molecule has 0 fully saturated rings. The SMILES string of the molecule is CC(C(N)=O)N(c1ccc(F)cc1)c1nc(N)c(C(=O)c2ccc(N(C)C)cc2)s1. The molecule has 0 radical (unpaired) electrons. The van der Waals surface area contributed by atoms with Crippen LogP contribution in [-0.4, -0.2) is 36.8 Å². The van der Waals surface area contributed by atoms with Crippen molar-refractivity contribution in [3.63, 3.8) is 0 Å². The fourth-order valence-corrected chi connectivity index (χ4v) is 3.91. The van der Waals surface area contributed by atoms with E-state index in [9.17, 15) is 14.0 Å². The standard InChI is InChI=1S/C21H22FN5O2S/c1-12(20(24)29)27(16-10-6-14(22)7-11-16)21-25-19(23)18(30-21)17(28)13-4-8-15(9-5-13)26(2)3/h4-12H,23H2,1-3H3,(H2,24,29). The van der Waals surface area contributed by atoms with E-state index in [0.717, 1.165) is 17.0 Å². The molecule has 0 spiro atoms. The second kappa shape index (κ2) is 8.50. The van der Waals surface area contributed by atoms with E-state index in [-0.39, 0.29) is 16.5 Å². The number of hydrogen-bond donors (Lipinski definition) is 2. The van der Waals surface area contributed by atoms with Crippen molar-refractivity contribution in [1.82, 2.24) is 4.98 Å². The number of halogens is 1. The van der Waals surface area contributed by atoms with Gasteiger partial charge in [0.25, 0.3) is 0 Å². The summed E-state index contributed by atoms with van der Waals surface area (Å²) in [5, 5.41) is 0.318. The maximum atomic E-state index is 13.4. The quantitative estimate of drug-likeness (QED) is 0.561. The summed E-state index contributed by atoms with van der Waals surface area (Å²) in [4.78, 5) is 32.9. The van der Waals surface area contributed by atoms with E-state index in [1.54, 1.807) is 19.1 Å². The number of anilines is 4. The van der Waals surface area contributed by atoms with Crippen molar-refractivity contribution >= 4 is 45.4 Å². The fraction of sp³-hybridized carbons (Fsp3) is 0.190. The number of carbonyl (C=O) groups is 2. The third-order valence-corrected chi connectivity index (χ3v) is 5.67. The van der Waals surface area contributed by atoms with Gasteiger partial charge in [-0.2, -0.15) is 0 Å². The van der Waals surface area contributed by atoms with Gasteiger partial charge < -0.3 is 21.3 Å². The summed E-state index contributed by atoms with van der Waals surface area (Å²) in [5.74, 6) is -1.23. The first kappa shape index (κ1) is 21.3. The van der Waals surface area contributed by atoms with Crippen molar-refractivity contribution in [1.29, 1.82) is 0 Å². The normalized spacial score (nSPS) is 11.7. The number of thiazole rings is 1. The molecule has 1 amide bonds. The summed E-state index contributed by atoms with van der Waals surface area (Å²) in [6.45, 7) is 1.60. The maximum absolute atomic E-state index is 13.4. The van der Waals surface area contributed by atoms with Gasteiger partial charge >= 0.3 is 0 Å². The van der Waals surface area contributed by atoms with Crippen LogP contribution in [0.3, 0.4) is 0 Å². The largest absolute Gasteiger partial charge is 0.382 e. The van der Waals surface area contributed by atoms with Crippen LogP contribution in [0.15, 0.2) is 48.5 Å². The molecule has 0 saturated carbocycles. The van der Waals surface area contributed by atoms with Crippen LogP contribution in [0.2, 0.25) is 0 Å². The highest BCUT2D eigenvalue weighted by atomic mass is 32.1. The molecule has 0 bridgehead atoms. The number of amides is 1. The van der Waals surface area contributed by atoms with Crippen molar-refractivity contribution in [3.8, 4) is 0 Å². The number of nitrogens with two attached hydrogens (primary N) is 2. The summed E-state index contributed by atoms with van der Waals surface area (Å²) in [6, 6.07) is 11.9. The number of primary amides is 1. The molecule has 156 valence electrons. The van der Waals surface area contributed by atoms with Gasteiger partial charge in [-0.05, 0) is 55.5 Å². The topological polar surface area (TPSA) is 106 Å². The van der Waals surface area contributed by atoms with Crippen LogP contribution in [0.4, 0.5) is 26.7 Å². The number of nitrogen functional groups attached to an aromatic ring is 1. The molecule has 30 heavy (non-hydrogen) atoms. The van der Waals surface area contributed by atoms with Crippen LogP contribution in [0.25, 0.3) is 0 Å². The molecule has 0 aliphatic carbocycles. The van der Waals surface area contributed by atoms with E-state index in [0.29, 0.717) is 16.4 Å². The summed E-state index contributed by atoms with van der Waals surface area (Å²) in [5.41, 5.74) is 13.5. The second-order valence-corrected chi connectivity index (χ2v) is 7.88. The highest BCUT2D eigenvalue weighted by Gasteiger charge is 2.27. The molecule has 1 aromatic heterocycles. The zero-order chi connectivity index (χ0) is 22.0. The van der Waals surface area contributed by atoms with Gasteiger partial charge in [0.1, 0.15) is 22.6 Å². The van der Waals surface area contributed by atoms with E-state index >= 15 is 0 Å². The van der Waals surface area contributed by atoms with Gasteiger partial charge in [0.05, 0.1) is 0 Å². The van der Waals surface area contributed by atoms with Gasteiger partial charge in [0.15, 0.2) is 5.13 Å². The van der Waals surface area contributed by atoms with Gasteiger partial charge in [0, 0.05) is 31.0 Å². The molecule has 0 aliphatic heterocycles. The van der Waals surface area contributed by atoms with Gasteiger partial charge in [-0.3, -0.25) is 9.59 Å². The summed E-state index contributed by atoms with van der Waals surface area (Å²) >= 11 is 1.05. The van der Waals surface area contributed by atoms with Gasteiger partial charge in [-0.25, -0.2) is 9.37 Å². The van der Waals surface area contributed by atoms with Gasteiger partial charge in [-0.15, -0.1) is 0 Å². The smallest absolute Gasteiger partial charge is 0.240 e. The third kappa shape index (κ3) is 4.25. The van der Waals surface area contributed by atoms with Crippen LogP contribution < -0.4 is 21.3 Å². The van der Waals surface area contributed by atoms with E-state index in [1.165, 1.54) is 29.2 Å². The van der Waals surface area contributed by atoms with Crippen LogP contribution in [0.1, 0.15) is 22.2 Å². The molecule has 1 unspecified atom stereocenters. The van der Waals surface area contributed by atoms with Crippen LogP contribution in [0.5, 0.6) is 0 Å². The number of hydrogen-bond acceptors (Lipinski definition) is 7. The minimum Gasteiger partial charge on any atom is -0.382 e. The fourth-order valence-electron chi connectivity index (χ4n) is 2.86. The maximum Gasteiger partial charge on any atom is 0.240 e. The molecule has 3 aromatic rings. The van der Waals surface area contributed by atoms with Crippen LogP contribution in [-0.2, 0) is 4.79 Å². The van der Waals surface area contributed by atoms with Crippen molar-refractivity contribution in [2.75, 3.05) is 29.6 Å². The first-order valence-electron chi connectivity index (χ1n) is 9.11. The Morgan fingerprint density at radius 1 is 1.03 bits per heavy atom. The Kier molecular flexibility index (Phi) is 6.02. The Morgan fingerprint density at radius 3 is 2.13 bits per heavy atom. The van der Waals surface area contributed by atoms with E-state index in [1.807, 2.05) is 31.1 Å². The predicted molar refractivity (Wildman–Crippen MR) is 118 cm³/mol. The lowest BCUT2D eigenvalue weighted by Crippen LogP contribution is -2.39. The lowest BCUT2D eigenvalue weighted by molar-refractivity contribution is -0.118. The number of benzene rings is 2. The Balaban J connectivity index is 1.99. The number of ketones is 1. The number of nitrogens with zero attached hydrogens (tertiary/aromatic N) is 3. The number of carbonyl (C=O) groups excluding carboxylic acids is 2. The van der Waals surface area contributed by atoms with E-state index in [2.05, 4.69) is 4.98 Å². The molecular formula is C21H22FN5O2S. The van der Waals surface area contributed by atoms with E-state index < -0.39 is 17.8 Å². The monoisotopic (exact) mass is 427 g/mol. The highest BCUT2D eigenvalue weighted by molar-refractivity contribution is 7.18. The Morgan fingerprint density at radius 2 is 1.60 bits per heavy atom. The van der Waals surface area contributed by atoms with Crippen molar-refractivity contribution in [2.24, 2.45) is 5.73 Å². The lowest BCUT2D eigenvalue weighted by Gasteiger charge is -2.26. The van der Waals surface area contributed by atoms with Crippen molar-refractivity contribution in [2.45, 2.75) is 13.0 Å². The molecule has 1 atom stereocenters. The van der Waals surface area contributed by atoms with Gasteiger partial charge in [0.2, 0.25) is 11.7 Å². The summed E-state index contributed by atoms with van der Waals surface area (Å²) < 4.78 is 13.4. The number of aromatic nitrogens is 1. The van der Waals surface area contributed by atoms with Crippen LogP contribution in [0, 0.1) is 5.82 Å². The van der Waals surface area contributed by atoms with Gasteiger partial charge in [-0.1, -0.05) is 11.3 Å². The Labute approximate surface area is 177 Å². The molecule has 1 heterocycles. The lowest BCUT2D eigenvalue weighted by atomic mass is 10.1. The highest BCUT2D eigenvalue weighted by Crippen LogP contribution is 2.36. The molecule has 2 aromatic carbocycles. The van der Waals surface area contributed by atoms with Crippen molar-refractivity contribution in [3.05, 3.63) is 64.8 Å². The average Bonchev–Trinajstić information content (AvgIpc) is 3.10. The zero-order valence-corrected chi connectivity index (χ0v) is 17.6. The van der Waals surface area contributed by atoms with Crippen molar-refractivity contribution < 1.29 is 14.0 Å². The minimum absolute atomic E-state index is 0.0560.